The van der Waals surface area contributed by atoms with Gasteiger partial charge in [-0.1, -0.05) is 44.0 Å². The number of nitrogens with zero attached hydrogens (tertiary/aromatic N) is 1. The van der Waals surface area contributed by atoms with Gasteiger partial charge in [0, 0.05) is 28.6 Å². The predicted molar refractivity (Wildman–Crippen MR) is 113 cm³/mol. The molecule has 3 rings (SSSR count). The van der Waals surface area contributed by atoms with Crippen LogP contribution in [0.1, 0.15) is 32.7 Å². The van der Waals surface area contributed by atoms with Crippen LogP contribution in [0.15, 0.2) is 51.4 Å². The van der Waals surface area contributed by atoms with E-state index in [1.165, 1.54) is 4.90 Å². The molecule has 146 valence electrons. The molecule has 0 aromatic heterocycles. The summed E-state index contributed by atoms with van der Waals surface area (Å²) in [6, 6.07) is 12.7. The Bertz CT molecular complexity index is 900. The van der Waals surface area contributed by atoms with Gasteiger partial charge >= 0.3 is 6.03 Å². The normalized spacial score (nSPS) is 12.9. The summed E-state index contributed by atoms with van der Waals surface area (Å²) in [5.41, 5.74) is 1.98. The second-order valence-corrected chi connectivity index (χ2v) is 8.20. The molecule has 2 aromatic carbocycles. The molecular formula is C20H19Br2N3O3. The van der Waals surface area contributed by atoms with Gasteiger partial charge in [0.05, 0.1) is 11.1 Å². The lowest BCUT2D eigenvalue weighted by Crippen LogP contribution is -2.38. The van der Waals surface area contributed by atoms with Crippen LogP contribution < -0.4 is 10.6 Å². The maximum absolute atomic E-state index is 12.4. The summed E-state index contributed by atoms with van der Waals surface area (Å²) >= 11 is 6.70. The molecule has 0 spiro atoms. The number of urea groups is 1. The molecule has 1 heterocycles. The third-order valence-electron chi connectivity index (χ3n) is 4.39. The van der Waals surface area contributed by atoms with Gasteiger partial charge in [0.15, 0.2) is 0 Å². The quantitative estimate of drug-likeness (QED) is 0.441. The molecular weight excluding hydrogens is 490 g/mol. The zero-order valence-corrected chi connectivity index (χ0v) is 18.2. The van der Waals surface area contributed by atoms with Crippen LogP contribution in [0.25, 0.3) is 0 Å². The highest BCUT2D eigenvalue weighted by Crippen LogP contribution is 2.25. The molecule has 0 fully saturated rings. The number of benzene rings is 2. The van der Waals surface area contributed by atoms with Crippen molar-refractivity contribution < 1.29 is 14.4 Å². The van der Waals surface area contributed by atoms with Crippen molar-refractivity contribution in [1.29, 1.82) is 0 Å². The number of fused-ring (bicyclic) bond motifs is 1. The van der Waals surface area contributed by atoms with Gasteiger partial charge in [-0.15, -0.1) is 0 Å². The molecule has 1 aliphatic rings. The molecule has 2 N–H and O–H groups in total. The Labute approximate surface area is 179 Å². The number of imide groups is 1. The van der Waals surface area contributed by atoms with E-state index in [9.17, 15) is 14.4 Å². The number of amides is 4. The Morgan fingerprint density at radius 1 is 0.857 bits per heavy atom. The van der Waals surface area contributed by atoms with Gasteiger partial charge in [-0.2, -0.15) is 0 Å². The molecule has 0 aliphatic carbocycles. The van der Waals surface area contributed by atoms with Crippen LogP contribution in [0.2, 0.25) is 0 Å². The minimum atomic E-state index is -0.291. The number of rotatable bonds is 7. The molecule has 0 atom stereocenters. The second-order valence-electron chi connectivity index (χ2n) is 6.36. The number of carbonyl (C=O) groups is 3. The van der Waals surface area contributed by atoms with Gasteiger partial charge in [0.2, 0.25) is 0 Å². The Kier molecular flexibility index (Phi) is 6.85. The molecule has 1 aliphatic heterocycles. The molecule has 0 radical (unpaired) electrons. The summed E-state index contributed by atoms with van der Waals surface area (Å²) in [5, 5.41) is 5.55. The molecule has 0 saturated heterocycles. The number of hydrogen-bond donors (Lipinski definition) is 2. The van der Waals surface area contributed by atoms with Crippen LogP contribution in [0, 0.1) is 0 Å². The summed E-state index contributed by atoms with van der Waals surface area (Å²) in [6.07, 6.45) is 1.23. The fraction of sp³-hybridized carbons (Fsp3) is 0.250. The molecule has 6 nitrogen and oxygen atoms in total. The van der Waals surface area contributed by atoms with E-state index in [1.54, 1.807) is 18.2 Å². The molecule has 28 heavy (non-hydrogen) atoms. The monoisotopic (exact) mass is 507 g/mol. The molecule has 0 unspecified atom stereocenters. The summed E-state index contributed by atoms with van der Waals surface area (Å²) in [6.45, 7) is 1.17. The highest BCUT2D eigenvalue weighted by molar-refractivity contribution is 9.10. The van der Waals surface area contributed by atoms with E-state index in [1.807, 2.05) is 24.3 Å². The topological polar surface area (TPSA) is 78.5 Å². The van der Waals surface area contributed by atoms with Crippen LogP contribution in [0.4, 0.5) is 4.79 Å². The highest BCUT2D eigenvalue weighted by Gasteiger charge is 2.34. The van der Waals surface area contributed by atoms with E-state index in [0.717, 1.165) is 20.9 Å². The van der Waals surface area contributed by atoms with Crippen LogP contribution in [-0.2, 0) is 6.42 Å². The number of carbonyl (C=O) groups excluding carboxylic acids is 3. The van der Waals surface area contributed by atoms with Gasteiger partial charge in [0.25, 0.3) is 11.8 Å². The maximum Gasteiger partial charge on any atom is 0.314 e. The molecule has 2 aromatic rings. The van der Waals surface area contributed by atoms with Gasteiger partial charge in [-0.05, 0) is 48.7 Å². The van der Waals surface area contributed by atoms with Crippen molar-refractivity contribution in [2.24, 2.45) is 0 Å². The summed E-state index contributed by atoms with van der Waals surface area (Å²) in [7, 11) is 0. The van der Waals surface area contributed by atoms with Gasteiger partial charge < -0.3 is 10.6 Å². The number of halogens is 2. The van der Waals surface area contributed by atoms with Gasteiger partial charge in [-0.3, -0.25) is 14.5 Å². The van der Waals surface area contributed by atoms with Crippen LogP contribution >= 0.6 is 31.9 Å². The van der Waals surface area contributed by atoms with Gasteiger partial charge in [0.1, 0.15) is 0 Å². The van der Waals surface area contributed by atoms with E-state index in [0.29, 0.717) is 30.6 Å². The summed E-state index contributed by atoms with van der Waals surface area (Å²) in [5.74, 6) is -0.577. The third-order valence-corrected chi connectivity index (χ3v) is 5.41. The van der Waals surface area contributed by atoms with Crippen LogP contribution in [0.3, 0.4) is 0 Å². The van der Waals surface area contributed by atoms with Crippen molar-refractivity contribution in [1.82, 2.24) is 15.5 Å². The Hall–Kier alpha value is -2.19. The smallest absolute Gasteiger partial charge is 0.314 e. The lowest BCUT2D eigenvalue weighted by atomic mass is 10.1. The van der Waals surface area contributed by atoms with Crippen molar-refractivity contribution in [3.8, 4) is 0 Å². The molecule has 0 saturated carbocycles. The third kappa shape index (κ3) is 4.99. The van der Waals surface area contributed by atoms with Crippen LogP contribution in [-0.4, -0.2) is 42.4 Å². The lowest BCUT2D eigenvalue weighted by molar-refractivity contribution is 0.0653. The first-order valence-corrected chi connectivity index (χ1v) is 10.5. The maximum atomic E-state index is 12.4. The zero-order valence-electron chi connectivity index (χ0n) is 15.0. The predicted octanol–water partition coefficient (Wildman–Crippen LogP) is 3.74. The Morgan fingerprint density at radius 2 is 1.50 bits per heavy atom. The van der Waals surface area contributed by atoms with E-state index in [4.69, 9.17) is 0 Å². The molecule has 0 bridgehead atoms. The fourth-order valence-electron chi connectivity index (χ4n) is 2.94. The molecule has 8 heteroatoms. The largest absolute Gasteiger partial charge is 0.338 e. The Morgan fingerprint density at radius 3 is 2.25 bits per heavy atom. The Balaban J connectivity index is 1.36. The fourth-order valence-corrected chi connectivity index (χ4v) is 3.56. The first-order chi connectivity index (χ1) is 13.5. The van der Waals surface area contributed by atoms with Crippen LogP contribution in [0.5, 0.6) is 0 Å². The second kappa shape index (κ2) is 9.34. The average molecular weight is 509 g/mol. The van der Waals surface area contributed by atoms with Gasteiger partial charge in [-0.25, -0.2) is 4.79 Å². The SMILES string of the molecule is O=C(NCCCN1C(=O)c2ccc(Br)cc2C1=O)NCCc1ccc(Br)cc1. The summed E-state index contributed by atoms with van der Waals surface area (Å²) < 4.78 is 1.78. The van der Waals surface area contributed by atoms with E-state index >= 15 is 0 Å². The zero-order chi connectivity index (χ0) is 20.1. The van der Waals surface area contributed by atoms with Crippen molar-refractivity contribution in [3.05, 3.63) is 68.1 Å². The minimum absolute atomic E-state index is 0.261. The van der Waals surface area contributed by atoms with E-state index in [-0.39, 0.29) is 24.4 Å². The van der Waals surface area contributed by atoms with Crippen molar-refractivity contribution in [3.63, 3.8) is 0 Å². The summed E-state index contributed by atoms with van der Waals surface area (Å²) in [4.78, 5) is 37.8. The number of hydrogen-bond acceptors (Lipinski definition) is 3. The van der Waals surface area contributed by atoms with E-state index in [2.05, 4.69) is 42.5 Å². The lowest BCUT2D eigenvalue weighted by Gasteiger charge is -2.14. The minimum Gasteiger partial charge on any atom is -0.338 e. The first-order valence-electron chi connectivity index (χ1n) is 8.87. The standard InChI is InChI=1S/C20H19Br2N3O3/c21-14-4-2-13(3-5-14)8-10-24-20(28)23-9-1-11-25-18(26)16-7-6-15(22)12-17(16)19(25)27/h2-7,12H,1,8-11H2,(H2,23,24,28). The van der Waals surface area contributed by atoms with Crippen molar-refractivity contribution in [2.45, 2.75) is 12.8 Å². The van der Waals surface area contributed by atoms with Crippen molar-refractivity contribution >= 4 is 49.7 Å². The highest BCUT2D eigenvalue weighted by atomic mass is 79.9. The number of nitrogens with one attached hydrogen (secondary N) is 2. The molecule has 4 amide bonds. The van der Waals surface area contributed by atoms with Crippen molar-refractivity contribution in [2.75, 3.05) is 19.6 Å². The first kappa shape index (κ1) is 20.5. The van der Waals surface area contributed by atoms with E-state index < -0.39 is 0 Å². The average Bonchev–Trinajstić information content (AvgIpc) is 2.90.